The molecule has 0 aliphatic rings. The van der Waals surface area contributed by atoms with Crippen LogP contribution in [0.5, 0.6) is 11.6 Å². The molecule has 0 aliphatic heterocycles. The summed E-state index contributed by atoms with van der Waals surface area (Å²) in [5.41, 5.74) is -1.64. The lowest BCUT2D eigenvalue weighted by atomic mass is 10.2. The molecule has 35 heavy (non-hydrogen) atoms. The summed E-state index contributed by atoms with van der Waals surface area (Å²) in [5.74, 6) is -0.491. The van der Waals surface area contributed by atoms with Crippen LogP contribution in [-0.4, -0.2) is 52.9 Å². The molecule has 186 valence electrons. The van der Waals surface area contributed by atoms with Gasteiger partial charge in [0.2, 0.25) is 5.88 Å². The highest BCUT2D eigenvalue weighted by atomic mass is 19.4. The van der Waals surface area contributed by atoms with E-state index >= 15 is 0 Å². The number of aromatic nitrogens is 3. The van der Waals surface area contributed by atoms with E-state index < -0.39 is 29.2 Å². The lowest BCUT2D eigenvalue weighted by Gasteiger charge is -2.09. The van der Waals surface area contributed by atoms with E-state index in [1.54, 1.807) is 43.3 Å². The van der Waals surface area contributed by atoms with Crippen LogP contribution in [0.15, 0.2) is 48.7 Å². The van der Waals surface area contributed by atoms with Gasteiger partial charge in [-0.25, -0.2) is 4.68 Å². The minimum absolute atomic E-state index is 0.00519. The highest BCUT2D eigenvalue weighted by molar-refractivity contribution is 5.96. The summed E-state index contributed by atoms with van der Waals surface area (Å²) in [6, 6.07) is 11.0. The van der Waals surface area contributed by atoms with Gasteiger partial charge in [0.15, 0.2) is 11.5 Å². The first-order valence-corrected chi connectivity index (χ1v) is 10.8. The Bertz CT molecular complexity index is 1160. The zero-order valence-electron chi connectivity index (χ0n) is 19.1. The molecule has 2 N–H and O–H groups in total. The van der Waals surface area contributed by atoms with Gasteiger partial charge in [-0.2, -0.15) is 23.3 Å². The maximum absolute atomic E-state index is 13.5. The maximum Gasteiger partial charge on any atom is 0.435 e. The SMILES string of the molecule is CCOc1ccc(C(=O)NCCNC(=O)c2cn(-c3cccc(OCC)n3)nc2C(F)(F)F)cc1. The molecule has 2 heterocycles. The molecule has 0 fully saturated rings. The summed E-state index contributed by atoms with van der Waals surface area (Å²) >= 11 is 0. The Balaban J connectivity index is 1.64. The van der Waals surface area contributed by atoms with Crippen LogP contribution in [0.25, 0.3) is 5.82 Å². The maximum atomic E-state index is 13.5. The first-order valence-electron chi connectivity index (χ1n) is 10.8. The van der Waals surface area contributed by atoms with E-state index in [-0.39, 0.29) is 24.8 Å². The van der Waals surface area contributed by atoms with Crippen LogP contribution in [0.3, 0.4) is 0 Å². The van der Waals surface area contributed by atoms with Crippen LogP contribution >= 0.6 is 0 Å². The fraction of sp³-hybridized carbons (Fsp3) is 0.304. The molecule has 9 nitrogen and oxygen atoms in total. The average molecular weight is 491 g/mol. The number of hydrogen-bond acceptors (Lipinski definition) is 6. The Hall–Kier alpha value is -4.09. The summed E-state index contributed by atoms with van der Waals surface area (Å²) in [7, 11) is 0. The highest BCUT2D eigenvalue weighted by Crippen LogP contribution is 2.31. The molecule has 0 bridgehead atoms. The van der Waals surface area contributed by atoms with Crippen molar-refractivity contribution in [3.63, 3.8) is 0 Å². The molecule has 0 saturated carbocycles. The normalized spacial score (nSPS) is 11.1. The number of carbonyl (C=O) groups is 2. The van der Waals surface area contributed by atoms with Crippen molar-refractivity contribution < 1.29 is 32.2 Å². The van der Waals surface area contributed by atoms with Gasteiger partial charge in [0.25, 0.3) is 11.8 Å². The van der Waals surface area contributed by atoms with E-state index in [1.807, 2.05) is 6.92 Å². The fourth-order valence-corrected chi connectivity index (χ4v) is 3.05. The molecular formula is C23H24F3N5O4. The van der Waals surface area contributed by atoms with Gasteiger partial charge in [0.05, 0.1) is 18.8 Å². The van der Waals surface area contributed by atoms with Crippen LogP contribution in [0.1, 0.15) is 40.3 Å². The third kappa shape index (κ3) is 6.71. The average Bonchev–Trinajstić information content (AvgIpc) is 3.29. The van der Waals surface area contributed by atoms with Crippen molar-refractivity contribution in [2.24, 2.45) is 0 Å². The minimum Gasteiger partial charge on any atom is -0.494 e. The van der Waals surface area contributed by atoms with Crippen molar-refractivity contribution >= 4 is 11.8 Å². The number of halogens is 3. The Labute approximate surface area is 199 Å². The van der Waals surface area contributed by atoms with Crippen molar-refractivity contribution in [2.75, 3.05) is 26.3 Å². The fourth-order valence-electron chi connectivity index (χ4n) is 3.05. The topological polar surface area (TPSA) is 107 Å². The minimum atomic E-state index is -4.86. The first-order chi connectivity index (χ1) is 16.7. The van der Waals surface area contributed by atoms with Crippen LogP contribution in [0, 0.1) is 0 Å². The van der Waals surface area contributed by atoms with E-state index in [4.69, 9.17) is 9.47 Å². The molecule has 0 aliphatic carbocycles. The number of nitrogens with zero attached hydrogens (tertiary/aromatic N) is 3. The molecule has 0 radical (unpaired) electrons. The van der Waals surface area contributed by atoms with E-state index in [0.717, 1.165) is 10.9 Å². The van der Waals surface area contributed by atoms with Gasteiger partial charge >= 0.3 is 6.18 Å². The molecule has 0 saturated heterocycles. The zero-order chi connectivity index (χ0) is 25.4. The van der Waals surface area contributed by atoms with Crippen LogP contribution in [-0.2, 0) is 6.18 Å². The molecule has 0 unspecified atom stereocenters. The van der Waals surface area contributed by atoms with Crippen molar-refractivity contribution in [1.29, 1.82) is 0 Å². The van der Waals surface area contributed by atoms with Gasteiger partial charge in [0, 0.05) is 30.9 Å². The van der Waals surface area contributed by atoms with Gasteiger partial charge in [-0.15, -0.1) is 0 Å². The van der Waals surface area contributed by atoms with Gasteiger partial charge in [-0.05, 0) is 44.2 Å². The highest BCUT2D eigenvalue weighted by Gasteiger charge is 2.39. The van der Waals surface area contributed by atoms with Crippen LogP contribution in [0.2, 0.25) is 0 Å². The van der Waals surface area contributed by atoms with Crippen molar-refractivity contribution in [2.45, 2.75) is 20.0 Å². The second-order valence-electron chi connectivity index (χ2n) is 7.07. The van der Waals surface area contributed by atoms with Gasteiger partial charge in [0.1, 0.15) is 5.75 Å². The molecule has 2 amide bonds. The van der Waals surface area contributed by atoms with Gasteiger partial charge < -0.3 is 20.1 Å². The number of benzene rings is 1. The Morgan fingerprint density at radius 2 is 1.60 bits per heavy atom. The Morgan fingerprint density at radius 3 is 2.23 bits per heavy atom. The first kappa shape index (κ1) is 25.5. The van der Waals surface area contributed by atoms with E-state index in [2.05, 4.69) is 20.7 Å². The molecule has 12 heteroatoms. The molecular weight excluding hydrogens is 467 g/mol. The molecule has 0 atom stereocenters. The van der Waals surface area contributed by atoms with Crippen LogP contribution < -0.4 is 20.1 Å². The number of carbonyl (C=O) groups excluding carboxylic acids is 2. The third-order valence-corrected chi connectivity index (χ3v) is 4.59. The van der Waals surface area contributed by atoms with Crippen LogP contribution in [0.4, 0.5) is 13.2 Å². The molecule has 1 aromatic carbocycles. The van der Waals surface area contributed by atoms with E-state index in [9.17, 15) is 22.8 Å². The number of ether oxygens (including phenoxy) is 2. The van der Waals surface area contributed by atoms with Crippen molar-refractivity contribution in [1.82, 2.24) is 25.4 Å². The largest absolute Gasteiger partial charge is 0.494 e. The smallest absolute Gasteiger partial charge is 0.435 e. The summed E-state index contributed by atoms with van der Waals surface area (Å²) in [6.07, 6.45) is -3.91. The predicted molar refractivity (Wildman–Crippen MR) is 120 cm³/mol. The standard InChI is InChI=1S/C23H24F3N5O4/c1-3-34-16-10-8-15(9-11-16)21(32)27-12-13-28-22(33)17-14-31(30-20(17)23(24,25)26)18-6-5-7-19(29-18)35-4-2/h5-11,14H,3-4,12-13H2,1-2H3,(H,27,32)(H,28,33). The Morgan fingerprint density at radius 1 is 0.943 bits per heavy atom. The second-order valence-corrected chi connectivity index (χ2v) is 7.07. The number of rotatable bonds is 10. The Kier molecular flexibility index (Phi) is 8.29. The number of nitrogens with one attached hydrogen (secondary N) is 2. The predicted octanol–water partition coefficient (Wildman–Crippen LogP) is 3.24. The lowest BCUT2D eigenvalue weighted by molar-refractivity contribution is -0.141. The monoisotopic (exact) mass is 491 g/mol. The third-order valence-electron chi connectivity index (χ3n) is 4.59. The number of pyridine rings is 1. The summed E-state index contributed by atoms with van der Waals surface area (Å²) in [6.45, 7) is 4.32. The lowest BCUT2D eigenvalue weighted by Crippen LogP contribution is -2.35. The number of hydrogen-bond donors (Lipinski definition) is 2. The summed E-state index contributed by atoms with van der Waals surface area (Å²) in [5, 5.41) is 8.48. The van der Waals surface area contributed by atoms with E-state index in [1.165, 1.54) is 6.07 Å². The quantitative estimate of drug-likeness (QED) is 0.422. The summed E-state index contributed by atoms with van der Waals surface area (Å²) < 4.78 is 52.0. The number of alkyl halides is 3. The second kappa shape index (κ2) is 11.4. The van der Waals surface area contributed by atoms with Gasteiger partial charge in [-0.1, -0.05) is 6.07 Å². The molecule has 3 rings (SSSR count). The van der Waals surface area contributed by atoms with Crippen molar-refractivity contribution in [3.8, 4) is 17.4 Å². The molecule has 2 aromatic heterocycles. The molecule has 3 aromatic rings. The van der Waals surface area contributed by atoms with Gasteiger partial charge in [-0.3, -0.25) is 9.59 Å². The summed E-state index contributed by atoms with van der Waals surface area (Å²) in [4.78, 5) is 28.8. The molecule has 0 spiro atoms. The zero-order valence-corrected chi connectivity index (χ0v) is 19.1. The van der Waals surface area contributed by atoms with E-state index in [0.29, 0.717) is 24.5 Å². The van der Waals surface area contributed by atoms with Crippen molar-refractivity contribution in [3.05, 3.63) is 65.5 Å². The number of amides is 2.